The molecule has 0 aliphatic heterocycles. The molecule has 3 rings (SSSR count). The van der Waals surface area contributed by atoms with Gasteiger partial charge in [-0.25, -0.2) is 4.79 Å². The number of hydrogen-bond acceptors (Lipinski definition) is 2. The average molecular weight is 276 g/mol. The first-order valence-corrected chi connectivity index (χ1v) is 7.89. The molecule has 4 heteroatoms. The molecule has 1 unspecified atom stereocenters. The lowest BCUT2D eigenvalue weighted by Gasteiger charge is -2.28. The van der Waals surface area contributed by atoms with Crippen molar-refractivity contribution in [2.75, 3.05) is 13.1 Å². The predicted octanol–water partition coefficient (Wildman–Crippen LogP) is 3.49. The van der Waals surface area contributed by atoms with E-state index in [2.05, 4.69) is 12.2 Å². The zero-order chi connectivity index (χ0) is 13.9. The monoisotopic (exact) mass is 276 g/mol. The number of carbonyl (C=O) groups excluding carboxylic acids is 1. The van der Waals surface area contributed by atoms with E-state index >= 15 is 0 Å². The van der Waals surface area contributed by atoms with Gasteiger partial charge in [0.1, 0.15) is 5.76 Å². The molecule has 2 aliphatic carbocycles. The van der Waals surface area contributed by atoms with Gasteiger partial charge in [0.2, 0.25) is 0 Å². The first-order valence-electron chi connectivity index (χ1n) is 7.89. The van der Waals surface area contributed by atoms with Crippen LogP contribution in [0.5, 0.6) is 0 Å². The van der Waals surface area contributed by atoms with E-state index in [0.29, 0.717) is 0 Å². The first kappa shape index (κ1) is 13.5. The lowest BCUT2D eigenvalue weighted by atomic mass is 9.93. The number of carbonyl (C=O) groups is 1. The van der Waals surface area contributed by atoms with Gasteiger partial charge < -0.3 is 14.6 Å². The Hall–Kier alpha value is -1.45. The highest BCUT2D eigenvalue weighted by molar-refractivity contribution is 5.74. The van der Waals surface area contributed by atoms with E-state index in [0.717, 1.165) is 50.5 Å². The molecule has 1 heterocycles. The molecule has 2 amide bonds. The summed E-state index contributed by atoms with van der Waals surface area (Å²) in [5.74, 6) is 1.79. The minimum atomic E-state index is 0.0952. The van der Waals surface area contributed by atoms with Gasteiger partial charge in [-0.1, -0.05) is 6.92 Å². The van der Waals surface area contributed by atoms with Gasteiger partial charge >= 0.3 is 6.03 Å². The standard InChI is InChI=1S/C16H24N2O2/c1-2-9-18(11-12-6-7-12)16(19)17-14-4-3-5-15-13(14)8-10-20-15/h8,10,12,14H,2-7,9,11H2,1H3,(H,17,19). The number of hydrogen-bond donors (Lipinski definition) is 1. The van der Waals surface area contributed by atoms with Crippen LogP contribution in [-0.4, -0.2) is 24.0 Å². The van der Waals surface area contributed by atoms with E-state index in [4.69, 9.17) is 4.42 Å². The number of nitrogens with zero attached hydrogens (tertiary/aromatic N) is 1. The molecule has 0 radical (unpaired) electrons. The third kappa shape index (κ3) is 3.00. The van der Waals surface area contributed by atoms with Gasteiger partial charge in [-0.2, -0.15) is 0 Å². The fraction of sp³-hybridized carbons (Fsp3) is 0.688. The SMILES string of the molecule is CCCN(CC1CC1)C(=O)NC1CCCc2occc21. The van der Waals surface area contributed by atoms with Crippen LogP contribution in [0.4, 0.5) is 4.79 Å². The van der Waals surface area contributed by atoms with Crippen molar-refractivity contribution in [1.82, 2.24) is 10.2 Å². The Balaban J connectivity index is 1.62. The molecule has 1 aromatic rings. The fourth-order valence-corrected chi connectivity index (χ4v) is 3.03. The number of amides is 2. The summed E-state index contributed by atoms with van der Waals surface area (Å²) in [6.07, 6.45) is 8.41. The quantitative estimate of drug-likeness (QED) is 0.894. The van der Waals surface area contributed by atoms with Crippen LogP contribution < -0.4 is 5.32 Å². The van der Waals surface area contributed by atoms with E-state index in [-0.39, 0.29) is 12.1 Å². The lowest BCUT2D eigenvalue weighted by molar-refractivity contribution is 0.189. The van der Waals surface area contributed by atoms with Crippen molar-refractivity contribution in [3.8, 4) is 0 Å². The predicted molar refractivity (Wildman–Crippen MR) is 77.5 cm³/mol. The Labute approximate surface area is 120 Å². The van der Waals surface area contributed by atoms with Crippen molar-refractivity contribution in [2.45, 2.75) is 51.5 Å². The van der Waals surface area contributed by atoms with Gasteiger partial charge in [-0.15, -0.1) is 0 Å². The summed E-state index contributed by atoms with van der Waals surface area (Å²) in [5.41, 5.74) is 1.17. The van der Waals surface area contributed by atoms with Crippen LogP contribution >= 0.6 is 0 Å². The van der Waals surface area contributed by atoms with Crippen LogP contribution in [0.25, 0.3) is 0 Å². The van der Waals surface area contributed by atoms with Crippen molar-refractivity contribution in [1.29, 1.82) is 0 Å². The topological polar surface area (TPSA) is 45.5 Å². The minimum Gasteiger partial charge on any atom is -0.469 e. The third-order valence-corrected chi connectivity index (χ3v) is 4.31. The maximum absolute atomic E-state index is 12.5. The first-order chi connectivity index (χ1) is 9.78. The van der Waals surface area contributed by atoms with Crippen LogP contribution in [0, 0.1) is 5.92 Å². The molecule has 1 saturated carbocycles. The van der Waals surface area contributed by atoms with Gasteiger partial charge in [0.25, 0.3) is 0 Å². The maximum atomic E-state index is 12.5. The van der Waals surface area contributed by atoms with E-state index < -0.39 is 0 Å². The maximum Gasteiger partial charge on any atom is 0.317 e. The van der Waals surface area contributed by atoms with Crippen molar-refractivity contribution in [3.63, 3.8) is 0 Å². The largest absolute Gasteiger partial charge is 0.469 e. The molecule has 1 fully saturated rings. The van der Waals surface area contributed by atoms with Gasteiger partial charge in [0.15, 0.2) is 0 Å². The molecular weight excluding hydrogens is 252 g/mol. The summed E-state index contributed by atoms with van der Waals surface area (Å²) in [6.45, 7) is 3.90. The fourth-order valence-electron chi connectivity index (χ4n) is 3.03. The van der Waals surface area contributed by atoms with Gasteiger partial charge in [0.05, 0.1) is 12.3 Å². The number of furan rings is 1. The van der Waals surface area contributed by atoms with Crippen LogP contribution in [0.3, 0.4) is 0 Å². The summed E-state index contributed by atoms with van der Waals surface area (Å²) in [4.78, 5) is 14.5. The smallest absolute Gasteiger partial charge is 0.317 e. The van der Waals surface area contributed by atoms with E-state index in [1.165, 1.54) is 18.4 Å². The summed E-state index contributed by atoms with van der Waals surface area (Å²) in [7, 11) is 0. The highest BCUT2D eigenvalue weighted by Crippen LogP contribution is 2.32. The van der Waals surface area contributed by atoms with E-state index in [9.17, 15) is 4.79 Å². The van der Waals surface area contributed by atoms with Gasteiger partial charge in [0, 0.05) is 25.1 Å². The molecule has 20 heavy (non-hydrogen) atoms. The zero-order valence-corrected chi connectivity index (χ0v) is 12.2. The Morgan fingerprint density at radius 1 is 1.45 bits per heavy atom. The van der Waals surface area contributed by atoms with Crippen LogP contribution in [-0.2, 0) is 6.42 Å². The van der Waals surface area contributed by atoms with Gasteiger partial charge in [-0.3, -0.25) is 0 Å². The number of aryl methyl sites for hydroxylation is 1. The van der Waals surface area contributed by atoms with Crippen LogP contribution in [0.1, 0.15) is 56.4 Å². The van der Waals surface area contributed by atoms with Crippen molar-refractivity contribution >= 4 is 6.03 Å². The molecule has 0 saturated heterocycles. The lowest BCUT2D eigenvalue weighted by Crippen LogP contribution is -2.43. The van der Waals surface area contributed by atoms with Crippen LogP contribution in [0.15, 0.2) is 16.7 Å². The minimum absolute atomic E-state index is 0.0952. The number of nitrogens with one attached hydrogen (secondary N) is 1. The summed E-state index contributed by atoms with van der Waals surface area (Å²) in [6, 6.07) is 2.23. The second kappa shape index (κ2) is 5.90. The summed E-state index contributed by atoms with van der Waals surface area (Å²) < 4.78 is 5.49. The second-order valence-electron chi connectivity index (χ2n) is 6.08. The molecule has 0 spiro atoms. The molecular formula is C16H24N2O2. The average Bonchev–Trinajstić information content (AvgIpc) is 3.12. The number of fused-ring (bicyclic) bond motifs is 1. The highest BCUT2D eigenvalue weighted by Gasteiger charge is 2.29. The number of rotatable bonds is 5. The van der Waals surface area contributed by atoms with E-state index in [1.54, 1.807) is 6.26 Å². The molecule has 4 nitrogen and oxygen atoms in total. The van der Waals surface area contributed by atoms with Gasteiger partial charge in [-0.05, 0) is 44.1 Å². The molecule has 1 aromatic heterocycles. The Morgan fingerprint density at radius 2 is 2.30 bits per heavy atom. The molecule has 1 N–H and O–H groups in total. The second-order valence-corrected chi connectivity index (χ2v) is 6.08. The Morgan fingerprint density at radius 3 is 3.05 bits per heavy atom. The summed E-state index contributed by atoms with van der Waals surface area (Å²) >= 11 is 0. The Kier molecular flexibility index (Phi) is 3.99. The van der Waals surface area contributed by atoms with Crippen molar-refractivity contribution < 1.29 is 9.21 Å². The van der Waals surface area contributed by atoms with Crippen molar-refractivity contribution in [3.05, 3.63) is 23.7 Å². The molecule has 0 aromatic carbocycles. The van der Waals surface area contributed by atoms with Crippen LogP contribution in [0.2, 0.25) is 0 Å². The summed E-state index contributed by atoms with van der Waals surface area (Å²) in [5, 5.41) is 3.21. The van der Waals surface area contributed by atoms with E-state index in [1.807, 2.05) is 11.0 Å². The molecule has 2 aliphatic rings. The Bertz CT molecular complexity index is 465. The molecule has 110 valence electrons. The molecule has 0 bridgehead atoms. The number of urea groups is 1. The third-order valence-electron chi connectivity index (χ3n) is 4.31. The van der Waals surface area contributed by atoms with Crippen molar-refractivity contribution in [2.24, 2.45) is 5.92 Å². The molecule has 1 atom stereocenters. The normalized spacial score (nSPS) is 21.4. The zero-order valence-electron chi connectivity index (χ0n) is 12.2. The highest BCUT2D eigenvalue weighted by atomic mass is 16.3.